The minimum Gasteiger partial charge on any atom is -0.466 e. The molecule has 1 saturated heterocycles. The average molecular weight is 672 g/mol. The lowest BCUT2D eigenvalue weighted by Gasteiger charge is -2.38. The summed E-state index contributed by atoms with van der Waals surface area (Å²) in [5.41, 5.74) is 7.68. The lowest BCUT2D eigenvalue weighted by atomic mass is 9.86. The molecule has 1 saturated carbocycles. The highest BCUT2D eigenvalue weighted by molar-refractivity contribution is 5.82. The summed E-state index contributed by atoms with van der Waals surface area (Å²) in [6, 6.07) is 19.5. The van der Waals surface area contributed by atoms with Gasteiger partial charge in [0.2, 0.25) is 0 Å². The second kappa shape index (κ2) is 21.5. The third-order valence-corrected chi connectivity index (χ3v) is 7.78. The monoisotopic (exact) mass is 671 g/mol. The SMILES string of the molecule is C.CCOC(=O)C1CCC(NOCc2ccccc2)CC1.CCOC(=O)[C@@H]1CC[C@@H](NOCc2ccccc2)CN1C(=O)OC(C)(C)C. The first-order chi connectivity index (χ1) is 22.6. The van der Waals surface area contributed by atoms with E-state index >= 15 is 0 Å². The summed E-state index contributed by atoms with van der Waals surface area (Å²) in [5.74, 6) is -0.370. The van der Waals surface area contributed by atoms with Gasteiger partial charge >= 0.3 is 18.0 Å². The Kier molecular flexibility index (Phi) is 18.2. The van der Waals surface area contributed by atoms with E-state index in [9.17, 15) is 14.4 Å². The summed E-state index contributed by atoms with van der Waals surface area (Å²) >= 11 is 0. The molecule has 268 valence electrons. The van der Waals surface area contributed by atoms with Crippen LogP contribution in [0.3, 0.4) is 0 Å². The van der Waals surface area contributed by atoms with Crippen LogP contribution in [0.15, 0.2) is 60.7 Å². The number of esters is 2. The Morgan fingerprint density at radius 3 is 1.69 bits per heavy atom. The van der Waals surface area contributed by atoms with Crippen LogP contribution in [-0.2, 0) is 46.7 Å². The topological polar surface area (TPSA) is 125 Å². The van der Waals surface area contributed by atoms with Crippen LogP contribution in [0.1, 0.15) is 91.7 Å². The van der Waals surface area contributed by atoms with Crippen LogP contribution in [-0.4, -0.2) is 66.4 Å². The van der Waals surface area contributed by atoms with Gasteiger partial charge in [0.1, 0.15) is 11.6 Å². The minimum atomic E-state index is -0.638. The number of carbonyl (C=O) groups excluding carboxylic acids is 3. The number of hydroxylamine groups is 2. The van der Waals surface area contributed by atoms with Crippen LogP contribution in [0, 0.1) is 5.92 Å². The van der Waals surface area contributed by atoms with E-state index in [0.717, 1.165) is 36.8 Å². The molecule has 0 radical (unpaired) electrons. The summed E-state index contributed by atoms with van der Waals surface area (Å²) in [6.45, 7) is 11.0. The zero-order valence-electron chi connectivity index (χ0n) is 28.6. The van der Waals surface area contributed by atoms with Crippen molar-refractivity contribution in [1.82, 2.24) is 15.9 Å². The molecule has 4 rings (SSSR count). The predicted molar refractivity (Wildman–Crippen MR) is 184 cm³/mol. The second-order valence-corrected chi connectivity index (χ2v) is 12.8. The van der Waals surface area contributed by atoms with E-state index < -0.39 is 23.7 Å². The van der Waals surface area contributed by atoms with Crippen LogP contribution < -0.4 is 11.0 Å². The fourth-order valence-electron chi connectivity index (χ4n) is 5.41. The molecule has 48 heavy (non-hydrogen) atoms. The molecule has 2 atom stereocenters. The first kappa shape index (κ1) is 40.7. The zero-order valence-corrected chi connectivity index (χ0v) is 28.6. The van der Waals surface area contributed by atoms with Gasteiger partial charge in [-0.3, -0.25) is 19.4 Å². The molecule has 11 heteroatoms. The van der Waals surface area contributed by atoms with E-state index in [1.165, 1.54) is 4.90 Å². The maximum Gasteiger partial charge on any atom is 0.411 e. The third-order valence-electron chi connectivity index (χ3n) is 7.78. The van der Waals surface area contributed by atoms with Crippen LogP contribution in [0.2, 0.25) is 0 Å². The van der Waals surface area contributed by atoms with E-state index in [1.54, 1.807) is 27.7 Å². The Balaban J connectivity index is 0.000000340. The van der Waals surface area contributed by atoms with E-state index in [-0.39, 0.29) is 32.0 Å². The van der Waals surface area contributed by atoms with Crippen LogP contribution in [0.25, 0.3) is 0 Å². The molecule has 11 nitrogen and oxygen atoms in total. The number of piperidine rings is 1. The fraction of sp³-hybridized carbons (Fsp3) is 0.595. The van der Waals surface area contributed by atoms with Gasteiger partial charge in [0.15, 0.2) is 0 Å². The smallest absolute Gasteiger partial charge is 0.411 e. The number of ether oxygens (including phenoxy) is 3. The summed E-state index contributed by atoms with van der Waals surface area (Å²) in [7, 11) is 0. The molecule has 2 fully saturated rings. The molecule has 1 aliphatic carbocycles. The summed E-state index contributed by atoms with van der Waals surface area (Å²) in [6.07, 6.45) is 4.34. The molecule has 0 unspecified atom stereocenters. The largest absolute Gasteiger partial charge is 0.466 e. The number of carbonyl (C=O) groups is 3. The molecule has 1 amide bonds. The Hall–Kier alpha value is -3.51. The van der Waals surface area contributed by atoms with Gasteiger partial charge in [-0.05, 0) is 84.3 Å². The number of hydrogen-bond donors (Lipinski definition) is 2. The molecule has 1 aliphatic heterocycles. The number of rotatable bonds is 12. The standard InChI is InChI=1S/C20H30N2O5.C16H23NO3.CH4/c1-5-25-18(23)17-12-11-16(13-22(17)19(24)27-20(2,3)4)21-26-14-15-9-7-6-8-10-15;1-2-19-16(18)14-8-10-15(11-9-14)17-20-12-13-6-4-3-5-7-13;/h6-10,16-17,21H,5,11-14H2,1-4H3;3-7,14-15,17H,2,8-12H2,1H3;1H4/t16-,17+;;/m1../s1. The molecule has 0 bridgehead atoms. The number of amides is 1. The van der Waals surface area contributed by atoms with Crippen molar-refractivity contribution in [3.05, 3.63) is 71.8 Å². The Morgan fingerprint density at radius 2 is 1.19 bits per heavy atom. The Labute approximate surface area is 286 Å². The number of nitrogens with one attached hydrogen (secondary N) is 2. The molecular weight excluding hydrogens is 614 g/mol. The van der Waals surface area contributed by atoms with Crippen molar-refractivity contribution in [2.45, 2.75) is 118 Å². The second-order valence-electron chi connectivity index (χ2n) is 12.8. The van der Waals surface area contributed by atoms with Gasteiger partial charge in [0, 0.05) is 12.6 Å². The first-order valence-corrected chi connectivity index (χ1v) is 16.7. The molecule has 0 spiro atoms. The first-order valence-electron chi connectivity index (χ1n) is 16.7. The Bertz CT molecular complexity index is 1200. The van der Waals surface area contributed by atoms with Crippen LogP contribution in [0.5, 0.6) is 0 Å². The molecular formula is C37H57N3O8. The highest BCUT2D eigenvalue weighted by atomic mass is 16.6. The van der Waals surface area contributed by atoms with Crippen LogP contribution >= 0.6 is 0 Å². The van der Waals surface area contributed by atoms with Gasteiger partial charge in [-0.25, -0.2) is 9.59 Å². The van der Waals surface area contributed by atoms with E-state index in [0.29, 0.717) is 45.2 Å². The molecule has 2 N–H and O–H groups in total. The van der Waals surface area contributed by atoms with Gasteiger partial charge in [0.25, 0.3) is 0 Å². The van der Waals surface area contributed by atoms with E-state index in [1.807, 2.05) is 67.6 Å². The van der Waals surface area contributed by atoms with Crippen molar-refractivity contribution in [2.24, 2.45) is 5.92 Å². The number of hydrogen-bond acceptors (Lipinski definition) is 10. The summed E-state index contributed by atoms with van der Waals surface area (Å²) in [4.78, 5) is 49.1. The lowest BCUT2D eigenvalue weighted by molar-refractivity contribution is -0.152. The third kappa shape index (κ3) is 14.7. The molecule has 2 aromatic rings. The lowest BCUT2D eigenvalue weighted by Crippen LogP contribution is -2.56. The van der Waals surface area contributed by atoms with Crippen molar-refractivity contribution in [3.63, 3.8) is 0 Å². The maximum atomic E-state index is 12.6. The summed E-state index contributed by atoms with van der Waals surface area (Å²) in [5, 5.41) is 0. The predicted octanol–water partition coefficient (Wildman–Crippen LogP) is 6.50. The quantitative estimate of drug-likeness (QED) is 0.147. The molecule has 1 heterocycles. The minimum absolute atomic E-state index is 0. The van der Waals surface area contributed by atoms with Crippen molar-refractivity contribution in [2.75, 3.05) is 19.8 Å². The highest BCUT2D eigenvalue weighted by Crippen LogP contribution is 2.26. The molecule has 2 aromatic carbocycles. The zero-order chi connectivity index (χ0) is 34.1. The normalized spacial score (nSPS) is 20.7. The maximum absolute atomic E-state index is 12.6. The van der Waals surface area contributed by atoms with Crippen molar-refractivity contribution < 1.29 is 38.3 Å². The summed E-state index contributed by atoms with van der Waals surface area (Å²) < 4.78 is 15.7. The molecule has 0 aromatic heterocycles. The highest BCUT2D eigenvalue weighted by Gasteiger charge is 2.39. The Morgan fingerprint density at radius 1 is 0.708 bits per heavy atom. The fourth-order valence-corrected chi connectivity index (χ4v) is 5.41. The average Bonchev–Trinajstić information content (AvgIpc) is 3.06. The van der Waals surface area contributed by atoms with Gasteiger partial charge < -0.3 is 14.2 Å². The van der Waals surface area contributed by atoms with E-state index in [2.05, 4.69) is 11.0 Å². The van der Waals surface area contributed by atoms with Gasteiger partial charge in [-0.15, -0.1) is 0 Å². The number of benzene rings is 2. The number of nitrogens with zero attached hydrogens (tertiary/aromatic N) is 1. The van der Waals surface area contributed by atoms with Gasteiger partial charge in [-0.1, -0.05) is 68.1 Å². The van der Waals surface area contributed by atoms with E-state index in [4.69, 9.17) is 23.9 Å². The number of likely N-dealkylation sites (tertiary alicyclic amines) is 1. The van der Waals surface area contributed by atoms with Gasteiger partial charge in [0.05, 0.1) is 38.4 Å². The van der Waals surface area contributed by atoms with Gasteiger partial charge in [-0.2, -0.15) is 11.0 Å². The molecule has 2 aliphatic rings. The van der Waals surface area contributed by atoms with Crippen molar-refractivity contribution >= 4 is 18.0 Å². The van der Waals surface area contributed by atoms with Crippen molar-refractivity contribution in [1.29, 1.82) is 0 Å². The van der Waals surface area contributed by atoms with Crippen LogP contribution in [0.4, 0.5) is 4.79 Å². The van der Waals surface area contributed by atoms with Crippen molar-refractivity contribution in [3.8, 4) is 0 Å².